The van der Waals surface area contributed by atoms with Crippen LogP contribution in [0.5, 0.6) is 0 Å². The molecule has 1 aliphatic carbocycles. The summed E-state index contributed by atoms with van der Waals surface area (Å²) < 4.78 is 5.58. The molecule has 4 nitrogen and oxygen atoms in total. The van der Waals surface area contributed by atoms with Crippen molar-refractivity contribution in [2.75, 3.05) is 0 Å². The largest absolute Gasteiger partial charge is 0.481 e. The minimum atomic E-state index is -0.910. The maximum Gasteiger partial charge on any atom is 0.310 e. The highest BCUT2D eigenvalue weighted by atomic mass is 16.5. The van der Waals surface area contributed by atoms with Gasteiger partial charge in [-0.05, 0) is 38.5 Å². The molecule has 1 rings (SSSR count). The van der Waals surface area contributed by atoms with Gasteiger partial charge in [-0.2, -0.15) is 0 Å². The van der Waals surface area contributed by atoms with Crippen LogP contribution >= 0.6 is 0 Å². The van der Waals surface area contributed by atoms with Gasteiger partial charge >= 0.3 is 11.9 Å². The molecule has 21 heavy (non-hydrogen) atoms. The topological polar surface area (TPSA) is 63.6 Å². The fourth-order valence-electron chi connectivity index (χ4n) is 2.95. The Morgan fingerprint density at radius 2 is 1.86 bits per heavy atom. The van der Waals surface area contributed by atoms with Crippen molar-refractivity contribution in [1.29, 1.82) is 0 Å². The molecule has 1 aliphatic rings. The third-order valence-electron chi connectivity index (χ3n) is 4.47. The number of hydrogen-bond acceptors (Lipinski definition) is 3. The lowest BCUT2D eigenvalue weighted by atomic mass is 9.83. The molecule has 4 heteroatoms. The molecule has 1 N–H and O–H groups in total. The molecule has 0 radical (unpaired) electrons. The second-order valence-corrected chi connectivity index (χ2v) is 5.95. The van der Waals surface area contributed by atoms with Crippen molar-refractivity contribution >= 4 is 11.9 Å². The maximum absolute atomic E-state index is 12.3. The van der Waals surface area contributed by atoms with Crippen molar-refractivity contribution < 1.29 is 19.4 Å². The molecule has 0 aromatic rings. The van der Waals surface area contributed by atoms with Gasteiger partial charge in [0, 0.05) is 0 Å². The summed E-state index contributed by atoms with van der Waals surface area (Å²) in [6.45, 7) is 6.18. The van der Waals surface area contributed by atoms with E-state index in [4.69, 9.17) is 4.74 Å². The van der Waals surface area contributed by atoms with E-state index in [1.165, 1.54) is 0 Å². The van der Waals surface area contributed by atoms with Gasteiger partial charge in [0.2, 0.25) is 0 Å². The van der Waals surface area contributed by atoms with Crippen LogP contribution in [0.1, 0.15) is 59.3 Å². The monoisotopic (exact) mass is 296 g/mol. The molecule has 0 heterocycles. The van der Waals surface area contributed by atoms with Crippen molar-refractivity contribution in [3.05, 3.63) is 12.2 Å². The maximum atomic E-state index is 12.3. The van der Waals surface area contributed by atoms with E-state index in [-0.39, 0.29) is 12.1 Å². The zero-order valence-corrected chi connectivity index (χ0v) is 13.4. The van der Waals surface area contributed by atoms with Crippen LogP contribution in [-0.4, -0.2) is 23.1 Å². The summed E-state index contributed by atoms with van der Waals surface area (Å²) in [5.41, 5.74) is 0. The van der Waals surface area contributed by atoms with E-state index in [1.54, 1.807) is 0 Å². The lowest BCUT2D eigenvalue weighted by molar-refractivity contribution is -0.163. The summed E-state index contributed by atoms with van der Waals surface area (Å²) in [6, 6.07) is 0. The van der Waals surface area contributed by atoms with Crippen molar-refractivity contribution in [1.82, 2.24) is 0 Å². The zero-order valence-electron chi connectivity index (χ0n) is 13.4. The zero-order chi connectivity index (χ0) is 15.8. The highest BCUT2D eigenvalue weighted by Crippen LogP contribution is 2.29. The molecule has 0 saturated carbocycles. The summed E-state index contributed by atoms with van der Waals surface area (Å²) in [4.78, 5) is 23.5. The number of carboxylic acids is 1. The van der Waals surface area contributed by atoms with Gasteiger partial charge in [0.05, 0.1) is 11.8 Å². The third kappa shape index (κ3) is 5.18. The molecule has 120 valence electrons. The average molecular weight is 296 g/mol. The van der Waals surface area contributed by atoms with Gasteiger partial charge in [-0.3, -0.25) is 9.59 Å². The molecule has 0 spiro atoms. The Kier molecular flexibility index (Phi) is 7.48. The smallest absolute Gasteiger partial charge is 0.310 e. The molecule has 0 aromatic carbocycles. The Morgan fingerprint density at radius 1 is 1.24 bits per heavy atom. The van der Waals surface area contributed by atoms with E-state index >= 15 is 0 Å². The van der Waals surface area contributed by atoms with Crippen molar-refractivity contribution in [2.45, 2.75) is 65.4 Å². The Balaban J connectivity index is 2.61. The number of carbonyl (C=O) groups is 2. The highest BCUT2D eigenvalue weighted by molar-refractivity contribution is 5.81. The van der Waals surface area contributed by atoms with Gasteiger partial charge in [0.25, 0.3) is 0 Å². The summed E-state index contributed by atoms with van der Waals surface area (Å²) >= 11 is 0. The van der Waals surface area contributed by atoms with E-state index < -0.39 is 17.8 Å². The number of ether oxygens (including phenoxy) is 1. The van der Waals surface area contributed by atoms with Crippen LogP contribution in [0.15, 0.2) is 12.2 Å². The molecule has 0 fully saturated rings. The SMILES string of the molecule is CCCCC(CC)C(C)OC(=O)C1CC=CCC1C(=O)O. The number of rotatable bonds is 8. The first-order chi connectivity index (χ1) is 10.0. The standard InChI is InChI=1S/C17H28O4/c1-4-6-9-13(5-2)12(3)21-17(20)15-11-8-7-10-14(15)16(18)19/h7-8,12-15H,4-6,9-11H2,1-3H3,(H,18,19). The molecule has 0 aromatic heterocycles. The molecule has 4 unspecified atom stereocenters. The number of carboxylic acid groups (broad SMARTS) is 1. The van der Waals surface area contributed by atoms with E-state index in [9.17, 15) is 14.7 Å². The Morgan fingerprint density at radius 3 is 2.38 bits per heavy atom. The van der Waals surface area contributed by atoms with Crippen LogP contribution in [0.4, 0.5) is 0 Å². The molecule has 0 bridgehead atoms. The number of esters is 1. The lowest BCUT2D eigenvalue weighted by Crippen LogP contribution is -2.35. The molecule has 0 saturated heterocycles. The fraction of sp³-hybridized carbons (Fsp3) is 0.765. The molecule has 4 atom stereocenters. The van der Waals surface area contributed by atoms with Gasteiger partial charge in [0.1, 0.15) is 6.10 Å². The number of hydrogen-bond donors (Lipinski definition) is 1. The summed E-state index contributed by atoms with van der Waals surface area (Å²) in [5.74, 6) is -2.10. The first-order valence-corrected chi connectivity index (χ1v) is 8.09. The van der Waals surface area contributed by atoms with Crippen molar-refractivity contribution in [3.63, 3.8) is 0 Å². The van der Waals surface area contributed by atoms with Crippen LogP contribution in [-0.2, 0) is 14.3 Å². The van der Waals surface area contributed by atoms with Gasteiger partial charge in [-0.1, -0.05) is 38.8 Å². The van der Waals surface area contributed by atoms with Gasteiger partial charge in [-0.25, -0.2) is 0 Å². The van der Waals surface area contributed by atoms with E-state index in [2.05, 4.69) is 13.8 Å². The summed E-state index contributed by atoms with van der Waals surface area (Å²) in [6.07, 6.45) is 8.73. The van der Waals surface area contributed by atoms with E-state index in [0.29, 0.717) is 18.8 Å². The third-order valence-corrected chi connectivity index (χ3v) is 4.47. The first-order valence-electron chi connectivity index (χ1n) is 8.09. The number of carbonyl (C=O) groups excluding carboxylic acids is 1. The molecule has 0 aliphatic heterocycles. The lowest BCUT2D eigenvalue weighted by Gasteiger charge is -2.28. The van der Waals surface area contributed by atoms with Crippen LogP contribution < -0.4 is 0 Å². The van der Waals surface area contributed by atoms with Crippen LogP contribution in [0, 0.1) is 17.8 Å². The molecular formula is C17H28O4. The Hall–Kier alpha value is -1.32. The first kappa shape index (κ1) is 17.7. The fourth-order valence-corrected chi connectivity index (χ4v) is 2.95. The minimum absolute atomic E-state index is 0.144. The summed E-state index contributed by atoms with van der Waals surface area (Å²) in [7, 11) is 0. The van der Waals surface area contributed by atoms with E-state index in [1.807, 2.05) is 19.1 Å². The second-order valence-electron chi connectivity index (χ2n) is 5.95. The quantitative estimate of drug-likeness (QED) is 0.546. The normalized spacial score (nSPS) is 24.3. The second kappa shape index (κ2) is 8.85. The molecule has 0 amide bonds. The Bertz CT molecular complexity index is 375. The van der Waals surface area contributed by atoms with E-state index in [0.717, 1.165) is 25.7 Å². The van der Waals surface area contributed by atoms with Crippen molar-refractivity contribution in [3.8, 4) is 0 Å². The number of allylic oxidation sites excluding steroid dienone is 2. The minimum Gasteiger partial charge on any atom is -0.481 e. The Labute approximate surface area is 127 Å². The summed E-state index contributed by atoms with van der Waals surface area (Å²) in [5, 5.41) is 9.22. The van der Waals surface area contributed by atoms with Gasteiger partial charge in [0.15, 0.2) is 0 Å². The molecular weight excluding hydrogens is 268 g/mol. The van der Waals surface area contributed by atoms with Crippen molar-refractivity contribution in [2.24, 2.45) is 17.8 Å². The van der Waals surface area contributed by atoms with Crippen LogP contribution in [0.3, 0.4) is 0 Å². The average Bonchev–Trinajstić information content (AvgIpc) is 2.47. The van der Waals surface area contributed by atoms with Crippen LogP contribution in [0.2, 0.25) is 0 Å². The highest BCUT2D eigenvalue weighted by Gasteiger charge is 2.36. The number of aliphatic carboxylic acids is 1. The van der Waals surface area contributed by atoms with Gasteiger partial charge in [-0.15, -0.1) is 0 Å². The predicted molar refractivity (Wildman–Crippen MR) is 81.8 cm³/mol. The van der Waals surface area contributed by atoms with Crippen LogP contribution in [0.25, 0.3) is 0 Å². The predicted octanol–water partition coefficient (Wildman–Crippen LogP) is 3.80. The van der Waals surface area contributed by atoms with Gasteiger partial charge < -0.3 is 9.84 Å². The number of unbranched alkanes of at least 4 members (excludes halogenated alkanes) is 1.